The van der Waals surface area contributed by atoms with Crippen LogP contribution in [0.2, 0.25) is 0 Å². The van der Waals surface area contributed by atoms with E-state index in [0.29, 0.717) is 5.56 Å². The fourth-order valence-electron chi connectivity index (χ4n) is 1.62. The molecule has 1 aromatic heterocycles. The van der Waals surface area contributed by atoms with E-state index in [1.54, 1.807) is 32.4 Å². The Labute approximate surface area is 123 Å². The highest BCUT2D eigenvalue weighted by Gasteiger charge is 2.15. The third kappa shape index (κ3) is 6.03. The van der Waals surface area contributed by atoms with Crippen LogP contribution < -0.4 is 10.9 Å². The lowest BCUT2D eigenvalue weighted by Gasteiger charge is -2.15. The molecule has 7 nitrogen and oxygen atoms in total. The van der Waals surface area contributed by atoms with E-state index >= 15 is 0 Å². The molecule has 21 heavy (non-hydrogen) atoms. The number of aromatic nitrogens is 1. The molecule has 114 valence electrons. The highest BCUT2D eigenvalue weighted by atomic mass is 16.2. The maximum absolute atomic E-state index is 11.7. The molecular formula is C14H20N4O3. The zero-order chi connectivity index (χ0) is 15.8. The molecule has 1 heterocycles. The van der Waals surface area contributed by atoms with Crippen LogP contribution in [0, 0.1) is 5.92 Å². The van der Waals surface area contributed by atoms with Gasteiger partial charge in [0, 0.05) is 39.3 Å². The predicted molar refractivity (Wildman–Crippen MR) is 76.9 cm³/mol. The highest BCUT2D eigenvalue weighted by Crippen LogP contribution is 2.08. The van der Waals surface area contributed by atoms with Crippen LogP contribution in [0.15, 0.2) is 24.5 Å². The van der Waals surface area contributed by atoms with Crippen molar-refractivity contribution in [2.24, 2.45) is 5.92 Å². The normalized spacial score (nSPS) is 11.4. The van der Waals surface area contributed by atoms with E-state index in [4.69, 9.17) is 0 Å². The van der Waals surface area contributed by atoms with Crippen molar-refractivity contribution >= 4 is 17.7 Å². The molecule has 3 amide bonds. The number of rotatable bonds is 5. The lowest BCUT2D eigenvalue weighted by atomic mass is 10.0. The summed E-state index contributed by atoms with van der Waals surface area (Å²) in [5, 5.41) is 0. The summed E-state index contributed by atoms with van der Waals surface area (Å²) in [5.41, 5.74) is 4.98. The minimum atomic E-state index is -0.437. The average molecular weight is 292 g/mol. The van der Waals surface area contributed by atoms with E-state index in [1.165, 1.54) is 11.1 Å². The first-order valence-electron chi connectivity index (χ1n) is 6.59. The van der Waals surface area contributed by atoms with Gasteiger partial charge in [-0.2, -0.15) is 0 Å². The van der Waals surface area contributed by atoms with E-state index in [-0.39, 0.29) is 30.6 Å². The monoisotopic (exact) mass is 292 g/mol. The molecule has 1 rings (SSSR count). The molecule has 0 saturated carbocycles. The third-order valence-electron chi connectivity index (χ3n) is 2.79. The smallest absolute Gasteiger partial charge is 0.271 e. The number of amides is 3. The second-order valence-corrected chi connectivity index (χ2v) is 5.05. The Bertz CT molecular complexity index is 502. The number of nitrogens with zero attached hydrogens (tertiary/aromatic N) is 2. The van der Waals surface area contributed by atoms with Crippen LogP contribution >= 0.6 is 0 Å². The SMILES string of the molecule is CC(CC(=O)NNC(=O)c1cccnc1)CC(=O)N(C)C. The Kier molecular flexibility index (Phi) is 6.32. The number of nitrogens with one attached hydrogen (secondary N) is 2. The molecule has 0 saturated heterocycles. The molecule has 0 radical (unpaired) electrons. The average Bonchev–Trinajstić information content (AvgIpc) is 2.45. The van der Waals surface area contributed by atoms with Crippen molar-refractivity contribution in [1.29, 1.82) is 0 Å². The summed E-state index contributed by atoms with van der Waals surface area (Å²) in [5.74, 6) is -0.912. The highest BCUT2D eigenvalue weighted by molar-refractivity contribution is 5.95. The van der Waals surface area contributed by atoms with Crippen LogP contribution in [0.25, 0.3) is 0 Å². The Morgan fingerprint density at radius 2 is 1.95 bits per heavy atom. The number of hydrazine groups is 1. The molecule has 0 spiro atoms. The van der Waals surface area contributed by atoms with Gasteiger partial charge in [-0.15, -0.1) is 0 Å². The first-order valence-corrected chi connectivity index (χ1v) is 6.59. The van der Waals surface area contributed by atoms with Crippen LogP contribution in [-0.2, 0) is 9.59 Å². The molecule has 0 aliphatic carbocycles. The first kappa shape index (κ1) is 16.6. The number of carbonyl (C=O) groups excluding carboxylic acids is 3. The fourth-order valence-corrected chi connectivity index (χ4v) is 1.62. The van der Waals surface area contributed by atoms with Crippen molar-refractivity contribution in [3.63, 3.8) is 0 Å². The molecule has 1 aromatic rings. The maximum atomic E-state index is 11.7. The van der Waals surface area contributed by atoms with Crippen molar-refractivity contribution in [1.82, 2.24) is 20.7 Å². The largest absolute Gasteiger partial charge is 0.349 e. The van der Waals surface area contributed by atoms with E-state index in [1.807, 2.05) is 6.92 Å². The first-order chi connectivity index (χ1) is 9.90. The third-order valence-corrected chi connectivity index (χ3v) is 2.79. The van der Waals surface area contributed by atoms with Gasteiger partial charge in [-0.1, -0.05) is 6.92 Å². The molecule has 0 aliphatic heterocycles. The molecular weight excluding hydrogens is 272 g/mol. The van der Waals surface area contributed by atoms with Crippen LogP contribution in [-0.4, -0.2) is 41.7 Å². The lowest BCUT2D eigenvalue weighted by molar-refractivity contribution is -0.130. The van der Waals surface area contributed by atoms with Crippen molar-refractivity contribution < 1.29 is 14.4 Å². The summed E-state index contributed by atoms with van der Waals surface area (Å²) in [6, 6.07) is 3.22. The fraction of sp³-hybridized carbons (Fsp3) is 0.429. The van der Waals surface area contributed by atoms with Gasteiger partial charge in [0.2, 0.25) is 11.8 Å². The lowest BCUT2D eigenvalue weighted by Crippen LogP contribution is -2.42. The second-order valence-electron chi connectivity index (χ2n) is 5.05. The molecule has 2 N–H and O–H groups in total. The van der Waals surface area contributed by atoms with Crippen LogP contribution in [0.3, 0.4) is 0 Å². The predicted octanol–water partition coefficient (Wildman–Crippen LogP) is 0.347. The minimum Gasteiger partial charge on any atom is -0.349 e. The van der Waals surface area contributed by atoms with Crippen molar-refractivity contribution in [3.8, 4) is 0 Å². The van der Waals surface area contributed by atoms with Gasteiger partial charge in [0.1, 0.15) is 0 Å². The Morgan fingerprint density at radius 1 is 1.24 bits per heavy atom. The van der Waals surface area contributed by atoms with Crippen LogP contribution in [0.4, 0.5) is 0 Å². The number of hydrogen-bond donors (Lipinski definition) is 2. The Hall–Kier alpha value is -2.44. The van der Waals surface area contributed by atoms with E-state index in [0.717, 1.165) is 0 Å². The summed E-state index contributed by atoms with van der Waals surface area (Å²) < 4.78 is 0. The van der Waals surface area contributed by atoms with Crippen molar-refractivity contribution in [2.75, 3.05) is 14.1 Å². The quantitative estimate of drug-likeness (QED) is 0.766. The van der Waals surface area contributed by atoms with Gasteiger partial charge in [0.05, 0.1) is 5.56 Å². The maximum Gasteiger partial charge on any atom is 0.271 e. The molecule has 7 heteroatoms. The van der Waals surface area contributed by atoms with Crippen LogP contribution in [0.1, 0.15) is 30.1 Å². The zero-order valence-corrected chi connectivity index (χ0v) is 12.4. The second kappa shape index (κ2) is 7.98. The van der Waals surface area contributed by atoms with Gasteiger partial charge < -0.3 is 4.90 Å². The number of pyridine rings is 1. The molecule has 1 atom stereocenters. The minimum absolute atomic E-state index is 0.0327. The van der Waals surface area contributed by atoms with Gasteiger partial charge in [0.15, 0.2) is 0 Å². The summed E-state index contributed by atoms with van der Waals surface area (Å²) >= 11 is 0. The van der Waals surface area contributed by atoms with Gasteiger partial charge in [-0.25, -0.2) is 0 Å². The van der Waals surface area contributed by atoms with E-state index in [2.05, 4.69) is 15.8 Å². The van der Waals surface area contributed by atoms with Crippen molar-refractivity contribution in [3.05, 3.63) is 30.1 Å². The number of carbonyl (C=O) groups is 3. The summed E-state index contributed by atoms with van der Waals surface area (Å²) in [4.78, 5) is 40.2. The summed E-state index contributed by atoms with van der Waals surface area (Å²) in [6.07, 6.45) is 3.41. The Balaban J connectivity index is 2.34. The number of hydrogen-bond acceptors (Lipinski definition) is 4. The van der Waals surface area contributed by atoms with E-state index < -0.39 is 5.91 Å². The van der Waals surface area contributed by atoms with E-state index in [9.17, 15) is 14.4 Å². The summed E-state index contributed by atoms with van der Waals surface area (Å²) in [7, 11) is 3.34. The molecule has 0 aliphatic rings. The van der Waals surface area contributed by atoms with Gasteiger partial charge >= 0.3 is 0 Å². The molecule has 0 fully saturated rings. The standard InChI is InChI=1S/C14H20N4O3/c1-10(8-13(20)18(2)3)7-12(19)16-17-14(21)11-5-4-6-15-9-11/h4-6,9-10H,7-8H2,1-3H3,(H,16,19)(H,17,21). The molecule has 0 aromatic carbocycles. The molecule has 1 unspecified atom stereocenters. The molecule has 0 bridgehead atoms. The zero-order valence-electron chi connectivity index (χ0n) is 12.4. The van der Waals surface area contributed by atoms with Gasteiger partial charge in [0.25, 0.3) is 5.91 Å². The van der Waals surface area contributed by atoms with Gasteiger partial charge in [-0.05, 0) is 18.1 Å². The summed E-state index contributed by atoms with van der Waals surface area (Å²) in [6.45, 7) is 1.81. The Morgan fingerprint density at radius 3 is 2.52 bits per heavy atom. The van der Waals surface area contributed by atoms with Crippen molar-refractivity contribution in [2.45, 2.75) is 19.8 Å². The topological polar surface area (TPSA) is 91.4 Å². The van der Waals surface area contributed by atoms with Crippen LogP contribution in [0.5, 0.6) is 0 Å². The van der Waals surface area contributed by atoms with Gasteiger partial charge in [-0.3, -0.25) is 30.2 Å².